The Hall–Kier alpha value is -2.41. The number of hydrogen-bond acceptors (Lipinski definition) is 4. The smallest absolute Gasteiger partial charge is 0.331 e. The highest BCUT2D eigenvalue weighted by atomic mass is 79.9. The molecule has 0 radical (unpaired) electrons. The lowest BCUT2D eigenvalue weighted by atomic mass is 10.2. The van der Waals surface area contributed by atoms with Gasteiger partial charge in [0, 0.05) is 22.7 Å². The molecule has 6 nitrogen and oxygen atoms in total. The molecular weight excluding hydrogens is 386 g/mol. The summed E-state index contributed by atoms with van der Waals surface area (Å²) in [5.74, 6) is -0.431. The second-order valence-corrected chi connectivity index (χ2v) is 6.63. The maximum Gasteiger partial charge on any atom is 0.331 e. The average molecular weight is 406 g/mol. The molecule has 7 heteroatoms. The molecule has 0 saturated carbocycles. The lowest BCUT2D eigenvalue weighted by molar-refractivity contribution is -0.148. The maximum absolute atomic E-state index is 12.2. The van der Waals surface area contributed by atoms with Gasteiger partial charge in [-0.1, -0.05) is 28.1 Å². The van der Waals surface area contributed by atoms with E-state index in [1.54, 1.807) is 23.0 Å². The molecule has 0 bridgehead atoms. The van der Waals surface area contributed by atoms with Crippen LogP contribution in [-0.2, 0) is 14.3 Å². The summed E-state index contributed by atoms with van der Waals surface area (Å²) in [6, 6.07) is 9.29. The van der Waals surface area contributed by atoms with Gasteiger partial charge in [0.1, 0.15) is 5.82 Å². The third kappa shape index (κ3) is 5.56. The van der Waals surface area contributed by atoms with Crippen molar-refractivity contribution in [3.8, 4) is 0 Å². The molecule has 1 heterocycles. The highest BCUT2D eigenvalue weighted by Gasteiger charge is 2.18. The average Bonchev–Trinajstić information content (AvgIpc) is 3.01. The Morgan fingerprint density at radius 2 is 2.04 bits per heavy atom. The Bertz CT molecular complexity index is 783. The number of halogens is 1. The quantitative estimate of drug-likeness (QED) is 0.585. The zero-order chi connectivity index (χ0) is 18.4. The molecule has 2 rings (SSSR count). The van der Waals surface area contributed by atoms with Crippen LogP contribution in [-0.4, -0.2) is 27.8 Å². The van der Waals surface area contributed by atoms with Gasteiger partial charge in [0.2, 0.25) is 0 Å². The summed E-state index contributed by atoms with van der Waals surface area (Å²) in [5.41, 5.74) is 0.851. The van der Waals surface area contributed by atoms with Crippen molar-refractivity contribution >= 4 is 39.7 Å². The summed E-state index contributed by atoms with van der Waals surface area (Å²) in [7, 11) is 0. The van der Waals surface area contributed by atoms with Gasteiger partial charge < -0.3 is 10.1 Å². The van der Waals surface area contributed by atoms with E-state index in [2.05, 4.69) is 26.3 Å². The number of rotatable bonds is 6. The fourth-order valence-corrected chi connectivity index (χ4v) is 2.51. The van der Waals surface area contributed by atoms with Crippen molar-refractivity contribution in [3.63, 3.8) is 0 Å². The predicted octanol–water partition coefficient (Wildman–Crippen LogP) is 3.81. The number of nitrogens with one attached hydrogen (secondary N) is 1. The summed E-state index contributed by atoms with van der Waals surface area (Å²) < 4.78 is 7.73. The van der Waals surface area contributed by atoms with Gasteiger partial charge in [-0.05, 0) is 44.5 Å². The van der Waals surface area contributed by atoms with E-state index in [0.717, 1.165) is 10.0 Å². The van der Waals surface area contributed by atoms with Gasteiger partial charge in [0.25, 0.3) is 5.91 Å². The van der Waals surface area contributed by atoms with E-state index in [1.165, 1.54) is 13.0 Å². The lowest BCUT2D eigenvalue weighted by Crippen LogP contribution is -2.30. The Morgan fingerprint density at radius 1 is 1.28 bits per heavy atom. The molecule has 0 fully saturated rings. The second-order valence-electron chi connectivity index (χ2n) is 5.71. The summed E-state index contributed by atoms with van der Waals surface area (Å²) in [6.45, 7) is 5.44. The summed E-state index contributed by atoms with van der Waals surface area (Å²) in [5, 5.41) is 6.85. The van der Waals surface area contributed by atoms with Crippen LogP contribution in [0.4, 0.5) is 5.82 Å². The van der Waals surface area contributed by atoms with Gasteiger partial charge in [0.05, 0.1) is 6.20 Å². The number of amides is 1. The number of benzene rings is 1. The predicted molar refractivity (Wildman–Crippen MR) is 100.0 cm³/mol. The van der Waals surface area contributed by atoms with Gasteiger partial charge in [-0.15, -0.1) is 0 Å². The number of nitrogens with zero attached hydrogens (tertiary/aromatic N) is 2. The number of ether oxygens (including phenoxy) is 1. The minimum absolute atomic E-state index is 0.108. The molecule has 0 unspecified atom stereocenters. The van der Waals surface area contributed by atoms with Crippen molar-refractivity contribution in [3.05, 3.63) is 52.6 Å². The van der Waals surface area contributed by atoms with Crippen LogP contribution >= 0.6 is 15.9 Å². The number of aromatic nitrogens is 2. The molecular formula is C18H20BrN3O3. The van der Waals surface area contributed by atoms with Crippen LogP contribution in [0.5, 0.6) is 0 Å². The second kappa shape index (κ2) is 8.62. The van der Waals surface area contributed by atoms with E-state index in [4.69, 9.17) is 4.74 Å². The maximum atomic E-state index is 12.2. The molecule has 1 atom stereocenters. The Balaban J connectivity index is 1.92. The zero-order valence-electron chi connectivity index (χ0n) is 14.3. The minimum atomic E-state index is -0.921. The standard InChI is InChI=1S/C18H20BrN3O3/c1-12(2)22-16(9-10-20-22)21-18(24)13(3)25-17(23)8-7-14-5-4-6-15(19)11-14/h4-13H,1-3H3,(H,21,24)/b8-7+/t13-/m1/s1. The highest BCUT2D eigenvalue weighted by Crippen LogP contribution is 2.14. The van der Waals surface area contributed by atoms with E-state index in [1.807, 2.05) is 38.1 Å². The largest absolute Gasteiger partial charge is 0.449 e. The first-order valence-corrected chi connectivity index (χ1v) is 8.64. The molecule has 25 heavy (non-hydrogen) atoms. The SMILES string of the molecule is CC(C)n1nccc1NC(=O)[C@@H](C)OC(=O)/C=C/c1cccc(Br)c1. The van der Waals surface area contributed by atoms with E-state index in [0.29, 0.717) is 5.82 Å². The Labute approximate surface area is 155 Å². The monoisotopic (exact) mass is 405 g/mol. The van der Waals surface area contributed by atoms with Gasteiger partial charge in [-0.3, -0.25) is 4.79 Å². The molecule has 0 aliphatic heterocycles. The Kier molecular flexibility index (Phi) is 6.52. The fourth-order valence-electron chi connectivity index (χ4n) is 2.09. The van der Waals surface area contributed by atoms with E-state index < -0.39 is 18.0 Å². The Morgan fingerprint density at radius 3 is 2.72 bits per heavy atom. The van der Waals surface area contributed by atoms with Gasteiger partial charge >= 0.3 is 5.97 Å². The first-order chi connectivity index (χ1) is 11.9. The van der Waals surface area contributed by atoms with Crippen LogP contribution in [0.3, 0.4) is 0 Å². The molecule has 132 valence electrons. The van der Waals surface area contributed by atoms with Crippen LogP contribution in [0.25, 0.3) is 6.08 Å². The van der Waals surface area contributed by atoms with Crippen LogP contribution < -0.4 is 5.32 Å². The topological polar surface area (TPSA) is 73.2 Å². The molecule has 2 aromatic rings. The van der Waals surface area contributed by atoms with E-state index >= 15 is 0 Å². The number of hydrogen-bond donors (Lipinski definition) is 1. The van der Waals surface area contributed by atoms with Crippen molar-refractivity contribution in [1.29, 1.82) is 0 Å². The fraction of sp³-hybridized carbons (Fsp3) is 0.278. The summed E-state index contributed by atoms with van der Waals surface area (Å²) in [6.07, 6.45) is 3.61. The third-order valence-corrected chi connectivity index (χ3v) is 3.83. The highest BCUT2D eigenvalue weighted by molar-refractivity contribution is 9.10. The number of anilines is 1. The van der Waals surface area contributed by atoms with Crippen molar-refractivity contribution in [2.75, 3.05) is 5.32 Å². The van der Waals surface area contributed by atoms with Gasteiger partial charge in [-0.2, -0.15) is 5.10 Å². The molecule has 1 N–H and O–H groups in total. The van der Waals surface area contributed by atoms with Crippen molar-refractivity contribution in [1.82, 2.24) is 9.78 Å². The van der Waals surface area contributed by atoms with Gasteiger partial charge in [0.15, 0.2) is 6.10 Å². The van der Waals surface area contributed by atoms with Crippen molar-refractivity contribution in [2.24, 2.45) is 0 Å². The van der Waals surface area contributed by atoms with E-state index in [-0.39, 0.29) is 6.04 Å². The zero-order valence-corrected chi connectivity index (χ0v) is 15.9. The molecule has 0 spiro atoms. The van der Waals surface area contributed by atoms with Crippen molar-refractivity contribution in [2.45, 2.75) is 32.9 Å². The van der Waals surface area contributed by atoms with Crippen LogP contribution in [0, 0.1) is 0 Å². The molecule has 0 saturated heterocycles. The summed E-state index contributed by atoms with van der Waals surface area (Å²) in [4.78, 5) is 24.1. The van der Waals surface area contributed by atoms with Crippen LogP contribution in [0.1, 0.15) is 32.4 Å². The van der Waals surface area contributed by atoms with Crippen LogP contribution in [0.15, 0.2) is 47.1 Å². The molecule has 1 aromatic heterocycles. The normalized spacial score (nSPS) is 12.4. The van der Waals surface area contributed by atoms with Crippen LogP contribution in [0.2, 0.25) is 0 Å². The number of carbonyl (C=O) groups is 2. The first kappa shape index (κ1) is 18.9. The van der Waals surface area contributed by atoms with Crippen molar-refractivity contribution < 1.29 is 14.3 Å². The number of esters is 1. The molecule has 0 aliphatic carbocycles. The minimum Gasteiger partial charge on any atom is -0.449 e. The third-order valence-electron chi connectivity index (χ3n) is 3.33. The summed E-state index contributed by atoms with van der Waals surface area (Å²) >= 11 is 3.36. The van der Waals surface area contributed by atoms with Gasteiger partial charge in [-0.25, -0.2) is 9.48 Å². The molecule has 1 amide bonds. The molecule has 1 aromatic carbocycles. The number of carbonyl (C=O) groups excluding carboxylic acids is 2. The molecule has 0 aliphatic rings. The lowest BCUT2D eigenvalue weighted by Gasteiger charge is -2.15. The van der Waals surface area contributed by atoms with E-state index in [9.17, 15) is 9.59 Å². The first-order valence-electron chi connectivity index (χ1n) is 7.85.